The summed E-state index contributed by atoms with van der Waals surface area (Å²) < 4.78 is 7.74. The number of nitrogens with two attached hydrogens (primary N) is 1. The van der Waals surface area contributed by atoms with Crippen LogP contribution in [0, 0.1) is 5.92 Å². The molecule has 0 saturated carbocycles. The maximum Gasteiger partial charge on any atom is 0.290 e. The molecule has 3 N–H and O–H groups in total. The number of aromatic nitrogens is 5. The largest absolute Gasteiger partial charge is 0.483 e. The Labute approximate surface area is 173 Å². The van der Waals surface area contributed by atoms with Gasteiger partial charge in [-0.2, -0.15) is 10.1 Å². The maximum absolute atomic E-state index is 8.36. The number of rotatable bonds is 3. The fraction of sp³-hybridized carbons (Fsp3) is 0.421. The molecule has 2 aliphatic heterocycles. The van der Waals surface area contributed by atoms with Crippen LogP contribution in [0.2, 0.25) is 0 Å². The molecular weight excluding hydrogens is 388 g/mol. The van der Waals surface area contributed by atoms with Gasteiger partial charge in [0.05, 0.1) is 25.5 Å². The van der Waals surface area contributed by atoms with Gasteiger partial charge in [-0.05, 0) is 12.1 Å². The van der Waals surface area contributed by atoms with Gasteiger partial charge in [0.2, 0.25) is 5.95 Å². The van der Waals surface area contributed by atoms with Crippen molar-refractivity contribution < 1.29 is 14.6 Å². The minimum absolute atomic E-state index is 0.189. The molecule has 3 aromatic rings. The summed E-state index contributed by atoms with van der Waals surface area (Å²) in [5, 5.41) is 11.3. The average molecular weight is 412 g/mol. The van der Waals surface area contributed by atoms with Gasteiger partial charge in [-0.25, -0.2) is 14.5 Å². The van der Waals surface area contributed by atoms with Crippen LogP contribution in [0.25, 0.3) is 5.65 Å². The number of nitrogen functional groups attached to an aromatic ring is 1. The summed E-state index contributed by atoms with van der Waals surface area (Å²) in [4.78, 5) is 26.4. The molecule has 0 amide bonds. The third-order valence-electron chi connectivity index (χ3n) is 5.21. The second-order valence-electron chi connectivity index (χ2n) is 7.35. The SMILES string of the molecule is Nc1ccnc(N2C[C@H]3COC[C@@H]2CN(Cc2cnn4cccnc24)C3)n1.O=CO. The number of carbonyl (C=O) groups is 1. The predicted octanol–water partition coefficient (Wildman–Crippen LogP) is 0.140. The summed E-state index contributed by atoms with van der Waals surface area (Å²) in [6.07, 6.45) is 7.37. The normalized spacial score (nSPS) is 21.5. The first-order valence-electron chi connectivity index (χ1n) is 9.68. The molecule has 30 heavy (non-hydrogen) atoms. The molecule has 2 aliphatic rings. The molecule has 2 atom stereocenters. The Morgan fingerprint density at radius 3 is 2.93 bits per heavy atom. The van der Waals surface area contributed by atoms with Crippen LogP contribution in [0.3, 0.4) is 0 Å². The molecule has 5 rings (SSSR count). The van der Waals surface area contributed by atoms with Crippen LogP contribution >= 0.6 is 0 Å². The number of fused-ring (bicyclic) bond motifs is 4. The lowest BCUT2D eigenvalue weighted by molar-refractivity contribution is -0.122. The molecule has 11 nitrogen and oxygen atoms in total. The number of nitrogens with zero attached hydrogens (tertiary/aromatic N) is 7. The van der Waals surface area contributed by atoms with E-state index in [9.17, 15) is 0 Å². The van der Waals surface area contributed by atoms with Crippen molar-refractivity contribution in [2.45, 2.75) is 12.6 Å². The zero-order chi connectivity index (χ0) is 20.9. The monoisotopic (exact) mass is 412 g/mol. The smallest absolute Gasteiger partial charge is 0.290 e. The van der Waals surface area contributed by atoms with Crippen molar-refractivity contribution >= 4 is 23.9 Å². The van der Waals surface area contributed by atoms with E-state index in [0.717, 1.165) is 44.0 Å². The highest BCUT2D eigenvalue weighted by atomic mass is 16.5. The van der Waals surface area contributed by atoms with Crippen molar-refractivity contribution in [2.75, 3.05) is 43.5 Å². The van der Waals surface area contributed by atoms with Crippen LogP contribution < -0.4 is 10.6 Å². The molecule has 2 saturated heterocycles. The lowest BCUT2D eigenvalue weighted by Crippen LogP contribution is -2.44. The fourth-order valence-corrected chi connectivity index (χ4v) is 4.04. The number of ether oxygens (including phenoxy) is 1. The molecule has 158 valence electrons. The van der Waals surface area contributed by atoms with Gasteiger partial charge in [0.25, 0.3) is 6.47 Å². The van der Waals surface area contributed by atoms with Gasteiger partial charge in [0, 0.05) is 56.3 Å². The van der Waals surface area contributed by atoms with Crippen molar-refractivity contribution in [1.29, 1.82) is 0 Å². The van der Waals surface area contributed by atoms with Crippen molar-refractivity contribution in [3.05, 3.63) is 42.5 Å². The second-order valence-corrected chi connectivity index (χ2v) is 7.35. The summed E-state index contributed by atoms with van der Waals surface area (Å²) in [5.74, 6) is 1.57. The second kappa shape index (κ2) is 9.01. The lowest BCUT2D eigenvalue weighted by atomic mass is 10.1. The quantitative estimate of drug-likeness (QED) is 0.572. The van der Waals surface area contributed by atoms with E-state index in [1.54, 1.807) is 12.3 Å². The number of hydrogen-bond acceptors (Lipinski definition) is 9. The molecule has 0 radical (unpaired) electrons. The van der Waals surface area contributed by atoms with E-state index in [1.165, 1.54) is 0 Å². The average Bonchev–Trinajstić information content (AvgIpc) is 2.90. The van der Waals surface area contributed by atoms with Gasteiger partial charge in [-0.15, -0.1) is 0 Å². The van der Waals surface area contributed by atoms with Crippen LogP contribution in [0.4, 0.5) is 11.8 Å². The Kier molecular flexibility index (Phi) is 6.00. The highest BCUT2D eigenvalue weighted by Crippen LogP contribution is 2.25. The highest BCUT2D eigenvalue weighted by Gasteiger charge is 2.35. The zero-order valence-corrected chi connectivity index (χ0v) is 16.4. The van der Waals surface area contributed by atoms with E-state index >= 15 is 0 Å². The Morgan fingerprint density at radius 2 is 2.10 bits per heavy atom. The molecule has 5 heterocycles. The fourth-order valence-electron chi connectivity index (χ4n) is 4.04. The molecular formula is C19H24N8O3. The standard InChI is InChI=1S/C18H22N8O.CH2O2/c19-16-2-4-21-18(23-16)25-8-13-7-24(10-15(25)12-27-11-13)9-14-6-22-26-5-1-3-20-17(14)26;2-1-3/h1-6,13,15H,7-12H2,(H2,19,21,23);1H,(H,2,3)/t13-,15-;/m0./s1. The number of anilines is 2. The third-order valence-corrected chi connectivity index (χ3v) is 5.21. The van der Waals surface area contributed by atoms with E-state index in [1.807, 2.05) is 29.2 Å². The van der Waals surface area contributed by atoms with Crippen molar-refractivity contribution in [1.82, 2.24) is 29.5 Å². The van der Waals surface area contributed by atoms with E-state index in [-0.39, 0.29) is 12.5 Å². The van der Waals surface area contributed by atoms with Gasteiger partial charge >= 0.3 is 0 Å². The molecule has 0 aliphatic carbocycles. The summed E-state index contributed by atoms with van der Waals surface area (Å²) in [6, 6.07) is 3.80. The molecule has 0 aromatic carbocycles. The Bertz CT molecular complexity index is 997. The minimum Gasteiger partial charge on any atom is -0.483 e. The summed E-state index contributed by atoms with van der Waals surface area (Å²) in [6.45, 7) is 4.69. The van der Waals surface area contributed by atoms with Gasteiger partial charge < -0.3 is 20.5 Å². The summed E-state index contributed by atoms with van der Waals surface area (Å²) in [7, 11) is 0. The topological polar surface area (TPSA) is 135 Å². The Balaban J connectivity index is 0.000000687. The molecule has 0 unspecified atom stereocenters. The molecule has 11 heteroatoms. The van der Waals surface area contributed by atoms with Gasteiger partial charge in [0.15, 0.2) is 5.65 Å². The molecule has 3 aromatic heterocycles. The lowest BCUT2D eigenvalue weighted by Gasteiger charge is -2.31. The first-order chi connectivity index (χ1) is 14.7. The zero-order valence-electron chi connectivity index (χ0n) is 16.4. The summed E-state index contributed by atoms with van der Waals surface area (Å²) in [5.41, 5.74) is 7.93. The van der Waals surface area contributed by atoms with E-state index in [2.05, 4.69) is 29.9 Å². The van der Waals surface area contributed by atoms with Crippen LogP contribution in [0.1, 0.15) is 5.56 Å². The van der Waals surface area contributed by atoms with Crippen LogP contribution in [-0.4, -0.2) is 79.9 Å². The Morgan fingerprint density at radius 1 is 1.23 bits per heavy atom. The molecule has 0 spiro atoms. The first-order valence-corrected chi connectivity index (χ1v) is 9.68. The van der Waals surface area contributed by atoms with Crippen molar-refractivity contribution in [2.24, 2.45) is 5.92 Å². The maximum atomic E-state index is 8.36. The summed E-state index contributed by atoms with van der Waals surface area (Å²) >= 11 is 0. The highest BCUT2D eigenvalue weighted by molar-refractivity contribution is 5.45. The number of carboxylic acid groups (broad SMARTS) is 1. The van der Waals surface area contributed by atoms with Crippen molar-refractivity contribution in [3.63, 3.8) is 0 Å². The van der Waals surface area contributed by atoms with E-state index in [0.29, 0.717) is 24.3 Å². The van der Waals surface area contributed by atoms with Gasteiger partial charge in [-0.3, -0.25) is 9.69 Å². The van der Waals surface area contributed by atoms with Crippen LogP contribution in [-0.2, 0) is 16.1 Å². The van der Waals surface area contributed by atoms with Gasteiger partial charge in [-0.1, -0.05) is 0 Å². The van der Waals surface area contributed by atoms with Gasteiger partial charge in [0.1, 0.15) is 5.82 Å². The predicted molar refractivity (Wildman–Crippen MR) is 109 cm³/mol. The third kappa shape index (κ3) is 4.31. The Hall–Kier alpha value is -3.31. The van der Waals surface area contributed by atoms with E-state index in [4.69, 9.17) is 20.4 Å². The first kappa shape index (κ1) is 20.0. The number of hydrogen-bond donors (Lipinski definition) is 2. The minimum atomic E-state index is -0.250. The molecule has 2 bridgehead atoms. The van der Waals surface area contributed by atoms with Crippen LogP contribution in [0.15, 0.2) is 36.9 Å². The van der Waals surface area contributed by atoms with Crippen molar-refractivity contribution in [3.8, 4) is 0 Å². The van der Waals surface area contributed by atoms with E-state index < -0.39 is 0 Å². The van der Waals surface area contributed by atoms with Crippen LogP contribution in [0.5, 0.6) is 0 Å². The molecule has 2 fully saturated rings.